The van der Waals surface area contributed by atoms with Crippen LogP contribution in [0.25, 0.3) is 11.3 Å². The normalized spacial score (nSPS) is 14.0. The third kappa shape index (κ3) is 1.79. The molecule has 0 atom stereocenters. The van der Waals surface area contributed by atoms with Gasteiger partial charge in [-0.15, -0.1) is 0 Å². The number of ketones is 2. The SMILES string of the molecule is NC1=CC(=O)c2ccc(-c3cncnc3)nc2C1=O. The number of carbonyl (C=O) groups is 2. The van der Waals surface area contributed by atoms with Crippen LogP contribution in [-0.4, -0.2) is 26.5 Å². The Balaban J connectivity index is 2.16. The predicted octanol–water partition coefficient (Wildman–Crippen LogP) is 0.760. The number of pyridine rings is 1. The number of rotatable bonds is 1. The van der Waals surface area contributed by atoms with Crippen LogP contribution in [0, 0.1) is 0 Å². The summed E-state index contributed by atoms with van der Waals surface area (Å²) in [5.74, 6) is -0.747. The predicted molar refractivity (Wildman–Crippen MR) is 66.2 cm³/mol. The second kappa shape index (κ2) is 4.09. The number of hydrogen-bond acceptors (Lipinski definition) is 6. The molecule has 3 rings (SSSR count). The summed E-state index contributed by atoms with van der Waals surface area (Å²) in [6, 6.07) is 3.21. The number of nitrogens with zero attached hydrogens (tertiary/aromatic N) is 3. The summed E-state index contributed by atoms with van der Waals surface area (Å²) >= 11 is 0. The van der Waals surface area contributed by atoms with Gasteiger partial charge in [-0.1, -0.05) is 0 Å². The summed E-state index contributed by atoms with van der Waals surface area (Å²) in [4.78, 5) is 35.6. The van der Waals surface area contributed by atoms with Crippen molar-refractivity contribution in [3.63, 3.8) is 0 Å². The molecule has 0 fully saturated rings. The molecule has 0 spiro atoms. The Morgan fingerprint density at radius 1 is 1.05 bits per heavy atom. The molecule has 2 N–H and O–H groups in total. The highest BCUT2D eigenvalue weighted by atomic mass is 16.1. The third-order valence-electron chi connectivity index (χ3n) is 2.78. The molecule has 0 radical (unpaired) electrons. The quantitative estimate of drug-likeness (QED) is 0.804. The average Bonchev–Trinajstić information content (AvgIpc) is 2.45. The van der Waals surface area contributed by atoms with Crippen molar-refractivity contribution in [1.29, 1.82) is 0 Å². The van der Waals surface area contributed by atoms with Gasteiger partial charge in [0.1, 0.15) is 12.0 Å². The molecule has 6 heteroatoms. The second-order valence-electron chi connectivity index (χ2n) is 4.01. The lowest BCUT2D eigenvalue weighted by atomic mass is 9.97. The molecule has 19 heavy (non-hydrogen) atoms. The summed E-state index contributed by atoms with van der Waals surface area (Å²) < 4.78 is 0. The maximum Gasteiger partial charge on any atom is 0.227 e. The van der Waals surface area contributed by atoms with E-state index in [0.717, 1.165) is 6.08 Å². The van der Waals surface area contributed by atoms with Gasteiger partial charge in [0.25, 0.3) is 0 Å². The maximum absolute atomic E-state index is 11.9. The Kier molecular flexibility index (Phi) is 2.42. The first-order chi connectivity index (χ1) is 9.16. The van der Waals surface area contributed by atoms with Crippen molar-refractivity contribution in [3.8, 4) is 11.3 Å². The van der Waals surface area contributed by atoms with Crippen molar-refractivity contribution in [3.05, 3.63) is 53.9 Å². The van der Waals surface area contributed by atoms with Crippen LogP contribution in [0.3, 0.4) is 0 Å². The number of Topliss-reactive ketones (excluding diaryl/α,β-unsaturated/α-hetero) is 1. The Labute approximate surface area is 108 Å². The number of carbonyl (C=O) groups excluding carboxylic acids is 2. The molecule has 0 unspecified atom stereocenters. The molecule has 0 bridgehead atoms. The van der Waals surface area contributed by atoms with Gasteiger partial charge in [-0.05, 0) is 12.1 Å². The average molecular weight is 252 g/mol. The summed E-state index contributed by atoms with van der Waals surface area (Å²) in [7, 11) is 0. The Hall–Kier alpha value is -2.89. The zero-order valence-electron chi connectivity index (χ0n) is 9.70. The molecule has 2 aromatic heterocycles. The highest BCUT2D eigenvalue weighted by Crippen LogP contribution is 2.22. The first-order valence-electron chi connectivity index (χ1n) is 5.49. The van der Waals surface area contributed by atoms with Gasteiger partial charge in [0.2, 0.25) is 5.78 Å². The van der Waals surface area contributed by atoms with E-state index in [-0.39, 0.29) is 22.7 Å². The van der Waals surface area contributed by atoms with Crippen LogP contribution in [0.2, 0.25) is 0 Å². The molecule has 0 aromatic carbocycles. The van der Waals surface area contributed by atoms with Gasteiger partial charge in [-0.25, -0.2) is 15.0 Å². The van der Waals surface area contributed by atoms with Crippen LogP contribution < -0.4 is 5.73 Å². The van der Waals surface area contributed by atoms with Crippen molar-refractivity contribution in [1.82, 2.24) is 15.0 Å². The molecule has 0 aliphatic heterocycles. The van der Waals surface area contributed by atoms with Gasteiger partial charge in [0, 0.05) is 24.0 Å². The van der Waals surface area contributed by atoms with Gasteiger partial charge in [0.15, 0.2) is 5.78 Å². The fourth-order valence-corrected chi connectivity index (χ4v) is 1.84. The molecule has 0 saturated heterocycles. The zero-order chi connectivity index (χ0) is 13.4. The lowest BCUT2D eigenvalue weighted by Crippen LogP contribution is -2.23. The summed E-state index contributed by atoms with van der Waals surface area (Å²) in [6.45, 7) is 0. The lowest BCUT2D eigenvalue weighted by Gasteiger charge is -2.12. The minimum Gasteiger partial charge on any atom is -0.395 e. The molecule has 1 aliphatic carbocycles. The Morgan fingerprint density at radius 3 is 2.53 bits per heavy atom. The van der Waals surface area contributed by atoms with Gasteiger partial charge in [0.05, 0.1) is 17.0 Å². The second-order valence-corrected chi connectivity index (χ2v) is 4.01. The number of aromatic nitrogens is 3. The van der Waals surface area contributed by atoms with Crippen LogP contribution in [0.4, 0.5) is 0 Å². The van der Waals surface area contributed by atoms with E-state index in [9.17, 15) is 9.59 Å². The van der Waals surface area contributed by atoms with Crippen LogP contribution in [0.15, 0.2) is 42.6 Å². The van der Waals surface area contributed by atoms with Crippen molar-refractivity contribution in [2.75, 3.05) is 0 Å². The summed E-state index contributed by atoms with van der Waals surface area (Å²) in [5, 5.41) is 0. The third-order valence-corrected chi connectivity index (χ3v) is 2.78. The number of fused-ring (bicyclic) bond motifs is 1. The van der Waals surface area contributed by atoms with Crippen molar-refractivity contribution >= 4 is 11.6 Å². The molecule has 6 nitrogen and oxygen atoms in total. The van der Waals surface area contributed by atoms with Crippen molar-refractivity contribution in [2.24, 2.45) is 5.73 Å². The van der Waals surface area contributed by atoms with Crippen LogP contribution in [-0.2, 0) is 0 Å². The molecule has 2 aromatic rings. The molecule has 2 heterocycles. The van der Waals surface area contributed by atoms with E-state index in [1.807, 2.05) is 0 Å². The largest absolute Gasteiger partial charge is 0.395 e. The van der Waals surface area contributed by atoms with E-state index in [0.29, 0.717) is 11.3 Å². The highest BCUT2D eigenvalue weighted by Gasteiger charge is 2.25. The van der Waals surface area contributed by atoms with E-state index in [1.165, 1.54) is 6.33 Å². The summed E-state index contributed by atoms with van der Waals surface area (Å²) in [6.07, 6.45) is 5.68. The van der Waals surface area contributed by atoms with Gasteiger partial charge in [-0.3, -0.25) is 9.59 Å². The zero-order valence-corrected chi connectivity index (χ0v) is 9.70. The van der Waals surface area contributed by atoms with Gasteiger partial charge in [-0.2, -0.15) is 0 Å². The standard InChI is InChI=1S/C13H8N4O2/c14-9-3-11(18)8-1-2-10(17-12(8)13(9)19)7-4-15-6-16-5-7/h1-6H,14H2. The van der Waals surface area contributed by atoms with E-state index in [4.69, 9.17) is 5.73 Å². The van der Waals surface area contributed by atoms with Crippen LogP contribution in [0.5, 0.6) is 0 Å². The van der Waals surface area contributed by atoms with E-state index in [1.54, 1.807) is 24.5 Å². The topological polar surface area (TPSA) is 98.8 Å². The van der Waals surface area contributed by atoms with Gasteiger partial charge < -0.3 is 5.73 Å². The first kappa shape index (κ1) is 11.2. The minimum absolute atomic E-state index is 0.0753. The maximum atomic E-state index is 11.9. The first-order valence-corrected chi connectivity index (χ1v) is 5.49. The molecule has 0 saturated carbocycles. The molecule has 92 valence electrons. The molecular formula is C13H8N4O2. The summed E-state index contributed by atoms with van der Waals surface area (Å²) in [5.41, 5.74) is 6.93. The molecule has 0 amide bonds. The fourth-order valence-electron chi connectivity index (χ4n) is 1.84. The van der Waals surface area contributed by atoms with Gasteiger partial charge >= 0.3 is 0 Å². The smallest absolute Gasteiger partial charge is 0.227 e. The fraction of sp³-hybridized carbons (Fsp3) is 0. The Morgan fingerprint density at radius 2 is 1.79 bits per heavy atom. The number of nitrogens with two attached hydrogens (primary N) is 1. The lowest BCUT2D eigenvalue weighted by molar-refractivity contribution is 0.0979. The molecular weight excluding hydrogens is 244 g/mol. The number of allylic oxidation sites excluding steroid dienone is 2. The van der Waals surface area contributed by atoms with Crippen LogP contribution in [0.1, 0.15) is 20.8 Å². The van der Waals surface area contributed by atoms with E-state index < -0.39 is 5.78 Å². The van der Waals surface area contributed by atoms with E-state index in [2.05, 4.69) is 15.0 Å². The van der Waals surface area contributed by atoms with Crippen molar-refractivity contribution in [2.45, 2.75) is 0 Å². The highest BCUT2D eigenvalue weighted by molar-refractivity contribution is 6.23. The van der Waals surface area contributed by atoms with E-state index >= 15 is 0 Å². The minimum atomic E-state index is -0.437. The number of hydrogen-bond donors (Lipinski definition) is 1. The molecule has 1 aliphatic rings. The monoisotopic (exact) mass is 252 g/mol. The van der Waals surface area contributed by atoms with Crippen LogP contribution >= 0.6 is 0 Å². The van der Waals surface area contributed by atoms with Crippen molar-refractivity contribution < 1.29 is 9.59 Å². The Bertz CT molecular complexity index is 723.